The molecule has 1 saturated heterocycles. The number of imidazole rings is 1. The van der Waals surface area contributed by atoms with Crippen molar-refractivity contribution in [1.82, 2.24) is 9.55 Å². The summed E-state index contributed by atoms with van der Waals surface area (Å²) in [6.07, 6.45) is 5.74. The van der Waals surface area contributed by atoms with E-state index in [4.69, 9.17) is 26.1 Å². The van der Waals surface area contributed by atoms with Crippen LogP contribution < -0.4 is 0 Å². The Morgan fingerprint density at radius 1 is 1.00 bits per heavy atom. The molecule has 0 atom stereocenters. The lowest BCUT2D eigenvalue weighted by Crippen LogP contribution is -2.44. The van der Waals surface area contributed by atoms with Crippen LogP contribution in [0, 0.1) is 5.41 Å². The predicted molar refractivity (Wildman–Crippen MR) is 140 cm³/mol. The lowest BCUT2D eigenvalue weighted by Gasteiger charge is -2.46. The standard InChI is InChI=1S/C28H31ClN6O2/c1-2-3-9-23-30-25(29)24(27-36-17-28(18-37-27)14-6-15-28)35(23)16-19-10-12-20(13-11-19)21-7-4-5-8-22(21)26-31-33-34-32-26/h4-5,7-8,10-13,26-27H,2-3,6,9,14-18H2,1H3. The second-order valence-electron chi connectivity index (χ2n) is 10.3. The van der Waals surface area contributed by atoms with E-state index in [2.05, 4.69) is 62.5 Å². The van der Waals surface area contributed by atoms with Crippen LogP contribution in [0.15, 0.2) is 69.2 Å². The van der Waals surface area contributed by atoms with E-state index in [1.165, 1.54) is 19.3 Å². The van der Waals surface area contributed by atoms with Gasteiger partial charge in [-0.2, -0.15) is 0 Å². The van der Waals surface area contributed by atoms with Gasteiger partial charge in [-0.05, 0) is 46.4 Å². The van der Waals surface area contributed by atoms with E-state index >= 15 is 0 Å². The first kappa shape index (κ1) is 24.4. The Bertz CT molecular complexity index is 1290. The first-order chi connectivity index (χ1) is 18.2. The normalized spacial score (nSPS) is 19.1. The van der Waals surface area contributed by atoms with Crippen molar-refractivity contribution in [3.8, 4) is 11.1 Å². The zero-order chi connectivity index (χ0) is 25.2. The molecule has 3 aromatic rings. The molecule has 0 unspecified atom stereocenters. The number of hydrogen-bond acceptors (Lipinski definition) is 7. The summed E-state index contributed by atoms with van der Waals surface area (Å²) in [6, 6.07) is 16.7. The molecule has 1 aliphatic carbocycles. The number of hydrogen-bond donors (Lipinski definition) is 0. The zero-order valence-electron chi connectivity index (χ0n) is 21.0. The van der Waals surface area contributed by atoms with Gasteiger partial charge in [0.25, 0.3) is 0 Å². The van der Waals surface area contributed by atoms with Crippen molar-refractivity contribution in [3.63, 3.8) is 0 Å². The van der Waals surface area contributed by atoms with Crippen molar-refractivity contribution in [2.24, 2.45) is 26.1 Å². The van der Waals surface area contributed by atoms with E-state index in [9.17, 15) is 0 Å². The Labute approximate surface area is 221 Å². The lowest BCUT2D eigenvalue weighted by molar-refractivity contribution is -0.252. The van der Waals surface area contributed by atoms with Crippen LogP contribution in [-0.2, 0) is 22.4 Å². The number of rotatable bonds is 8. The van der Waals surface area contributed by atoms with Crippen LogP contribution >= 0.6 is 11.6 Å². The molecule has 8 nitrogen and oxygen atoms in total. The van der Waals surface area contributed by atoms with E-state index in [0.717, 1.165) is 66.2 Å². The minimum Gasteiger partial charge on any atom is -0.346 e. The fraction of sp³-hybridized carbons (Fsp3) is 0.464. The van der Waals surface area contributed by atoms with Crippen LogP contribution in [0.4, 0.5) is 0 Å². The van der Waals surface area contributed by atoms with E-state index in [1.54, 1.807) is 0 Å². The lowest BCUT2D eigenvalue weighted by atomic mass is 9.70. The topological polar surface area (TPSA) is 85.7 Å². The largest absolute Gasteiger partial charge is 0.346 e. The third kappa shape index (κ3) is 4.85. The van der Waals surface area contributed by atoms with Gasteiger partial charge >= 0.3 is 0 Å². The van der Waals surface area contributed by atoms with Crippen molar-refractivity contribution in [1.29, 1.82) is 0 Å². The fourth-order valence-electron chi connectivity index (χ4n) is 5.37. The molecular weight excluding hydrogens is 488 g/mol. The molecule has 3 aliphatic rings. The summed E-state index contributed by atoms with van der Waals surface area (Å²) in [6.45, 7) is 4.27. The molecule has 6 rings (SSSR count). The van der Waals surface area contributed by atoms with Crippen molar-refractivity contribution in [2.45, 2.75) is 64.4 Å². The van der Waals surface area contributed by atoms with Gasteiger partial charge in [-0.1, -0.05) is 79.9 Å². The van der Waals surface area contributed by atoms with E-state index in [0.29, 0.717) is 11.7 Å². The summed E-state index contributed by atoms with van der Waals surface area (Å²) in [4.78, 5) is 4.74. The molecule has 9 heteroatoms. The molecule has 192 valence electrons. The summed E-state index contributed by atoms with van der Waals surface area (Å²) in [5.74, 6) is 0.976. The molecule has 37 heavy (non-hydrogen) atoms. The molecule has 0 radical (unpaired) electrons. The highest BCUT2D eigenvalue weighted by Crippen LogP contribution is 2.46. The molecule has 0 bridgehead atoms. The molecule has 0 N–H and O–H groups in total. The number of nitrogens with zero attached hydrogens (tertiary/aromatic N) is 6. The number of unbranched alkanes of at least 4 members (excludes halogenated alkanes) is 1. The van der Waals surface area contributed by atoms with E-state index in [1.807, 2.05) is 18.2 Å². The van der Waals surface area contributed by atoms with Crippen LogP contribution in [0.5, 0.6) is 0 Å². The Morgan fingerprint density at radius 3 is 2.41 bits per heavy atom. The first-order valence-corrected chi connectivity index (χ1v) is 13.5. The van der Waals surface area contributed by atoms with Crippen LogP contribution in [0.25, 0.3) is 11.1 Å². The molecule has 2 fully saturated rings. The number of aromatic nitrogens is 2. The van der Waals surface area contributed by atoms with Crippen molar-refractivity contribution >= 4 is 11.6 Å². The molecule has 3 heterocycles. The monoisotopic (exact) mass is 518 g/mol. The van der Waals surface area contributed by atoms with Crippen molar-refractivity contribution < 1.29 is 9.47 Å². The van der Waals surface area contributed by atoms with Crippen LogP contribution in [0.1, 0.15) is 74.1 Å². The highest BCUT2D eigenvalue weighted by molar-refractivity contribution is 6.30. The van der Waals surface area contributed by atoms with E-state index < -0.39 is 6.29 Å². The summed E-state index contributed by atoms with van der Waals surface area (Å²) < 4.78 is 14.7. The van der Waals surface area contributed by atoms with Gasteiger partial charge in [0.1, 0.15) is 11.5 Å². The Kier molecular flexibility index (Phi) is 6.88. The minimum absolute atomic E-state index is 0.201. The van der Waals surface area contributed by atoms with Crippen LogP contribution in [-0.4, -0.2) is 22.8 Å². The van der Waals surface area contributed by atoms with Crippen molar-refractivity contribution in [2.75, 3.05) is 13.2 Å². The van der Waals surface area contributed by atoms with Crippen LogP contribution in [0.3, 0.4) is 0 Å². The van der Waals surface area contributed by atoms with Gasteiger partial charge in [0.2, 0.25) is 12.5 Å². The maximum atomic E-state index is 6.71. The molecule has 1 spiro atoms. The Balaban J connectivity index is 1.26. The molecule has 0 amide bonds. The molecule has 2 aromatic carbocycles. The van der Waals surface area contributed by atoms with Gasteiger partial charge in [0.05, 0.1) is 13.2 Å². The molecule has 1 aromatic heterocycles. The third-order valence-electron chi connectivity index (χ3n) is 7.72. The number of halogens is 1. The average Bonchev–Trinajstić information content (AvgIpc) is 3.55. The minimum atomic E-state index is -0.484. The number of benzene rings is 2. The van der Waals surface area contributed by atoms with Gasteiger partial charge < -0.3 is 14.0 Å². The molecule has 1 saturated carbocycles. The first-order valence-electron chi connectivity index (χ1n) is 13.1. The van der Waals surface area contributed by atoms with Gasteiger partial charge in [0.15, 0.2) is 5.15 Å². The fourth-order valence-corrected chi connectivity index (χ4v) is 5.66. The molecule has 2 aliphatic heterocycles. The third-order valence-corrected chi connectivity index (χ3v) is 8.00. The second kappa shape index (κ2) is 10.4. The highest BCUT2D eigenvalue weighted by atomic mass is 35.5. The quantitative estimate of drug-likeness (QED) is 0.307. The second-order valence-corrected chi connectivity index (χ2v) is 10.6. The number of aryl methyl sites for hydroxylation is 1. The summed E-state index contributed by atoms with van der Waals surface area (Å²) in [5.41, 5.74) is 5.33. The maximum Gasteiger partial charge on any atom is 0.211 e. The van der Waals surface area contributed by atoms with Crippen LogP contribution in [0.2, 0.25) is 5.15 Å². The Hall–Kier alpha value is -2.94. The van der Waals surface area contributed by atoms with E-state index in [-0.39, 0.29) is 11.6 Å². The van der Waals surface area contributed by atoms with Crippen molar-refractivity contribution in [3.05, 3.63) is 76.3 Å². The smallest absolute Gasteiger partial charge is 0.211 e. The molecular formula is C28H31ClN6O2. The van der Waals surface area contributed by atoms with Gasteiger partial charge in [-0.15, -0.1) is 10.2 Å². The zero-order valence-corrected chi connectivity index (χ0v) is 21.8. The van der Waals surface area contributed by atoms with Gasteiger partial charge in [-0.3, -0.25) is 0 Å². The predicted octanol–water partition coefficient (Wildman–Crippen LogP) is 7.64. The number of ether oxygens (including phenoxy) is 2. The van der Waals surface area contributed by atoms with Gasteiger partial charge in [0, 0.05) is 23.9 Å². The SMILES string of the molecule is CCCCc1nc(Cl)c(C2OCC3(CCC3)CO2)n1Cc1ccc(-c2ccccc2C2N=NN=N2)cc1. The van der Waals surface area contributed by atoms with Gasteiger partial charge in [-0.25, -0.2) is 4.98 Å². The maximum absolute atomic E-state index is 6.71. The highest BCUT2D eigenvalue weighted by Gasteiger charge is 2.43. The summed E-state index contributed by atoms with van der Waals surface area (Å²) >= 11 is 6.71. The Morgan fingerprint density at radius 2 is 1.73 bits per heavy atom. The summed E-state index contributed by atoms with van der Waals surface area (Å²) in [7, 11) is 0. The average molecular weight is 519 g/mol. The summed E-state index contributed by atoms with van der Waals surface area (Å²) in [5, 5.41) is 16.1.